The van der Waals surface area contributed by atoms with Crippen molar-refractivity contribution in [3.8, 4) is 5.69 Å². The van der Waals surface area contributed by atoms with E-state index in [1.54, 1.807) is 47.0 Å². The molecule has 0 atom stereocenters. The topological polar surface area (TPSA) is 76.9 Å². The lowest BCUT2D eigenvalue weighted by atomic mass is 10.2. The highest BCUT2D eigenvalue weighted by atomic mass is 32.2. The van der Waals surface area contributed by atoms with E-state index in [-0.39, 0.29) is 17.4 Å². The maximum Gasteiger partial charge on any atom is 0.216 e. The van der Waals surface area contributed by atoms with Crippen LogP contribution in [-0.4, -0.2) is 38.8 Å². The van der Waals surface area contributed by atoms with Crippen molar-refractivity contribution in [3.05, 3.63) is 71.8 Å². The lowest BCUT2D eigenvalue weighted by Crippen LogP contribution is -2.23. The minimum atomic E-state index is -0.417. The fourth-order valence-electron chi connectivity index (χ4n) is 2.62. The number of amides is 1. The first-order valence-corrected chi connectivity index (χ1v) is 9.69. The Balaban J connectivity index is 1.84. The molecule has 6 nitrogen and oxygen atoms in total. The number of Topliss-reactive ketones (excluding diaryl/α,β-unsaturated/α-hetero) is 1. The Morgan fingerprint density at radius 1 is 1.07 bits per heavy atom. The van der Waals surface area contributed by atoms with Crippen molar-refractivity contribution in [2.24, 2.45) is 0 Å². The molecule has 28 heavy (non-hydrogen) atoms. The number of hydrogen-bond acceptors (Lipinski definition) is 5. The number of thioether (sulfide) groups is 1. The molecule has 144 valence electrons. The molecule has 1 heterocycles. The number of aromatic nitrogens is 3. The molecule has 1 amide bonds. The lowest BCUT2D eigenvalue weighted by Gasteiger charge is -2.11. The molecule has 1 N–H and O–H groups in total. The van der Waals surface area contributed by atoms with Gasteiger partial charge in [-0.2, -0.15) is 0 Å². The predicted molar refractivity (Wildman–Crippen MR) is 105 cm³/mol. The van der Waals surface area contributed by atoms with Gasteiger partial charge in [0.15, 0.2) is 10.9 Å². The van der Waals surface area contributed by atoms with E-state index in [9.17, 15) is 14.0 Å². The van der Waals surface area contributed by atoms with Gasteiger partial charge in [0, 0.05) is 25.5 Å². The van der Waals surface area contributed by atoms with Crippen molar-refractivity contribution in [1.29, 1.82) is 0 Å². The number of nitrogens with one attached hydrogen (secondary N) is 1. The minimum Gasteiger partial charge on any atom is -0.356 e. The average Bonchev–Trinajstić information content (AvgIpc) is 3.09. The van der Waals surface area contributed by atoms with Gasteiger partial charge in [0.05, 0.1) is 11.4 Å². The SMILES string of the molecule is CC(=O)NCCc1nnc(SCC(=O)c2ccccc2)n1-c1ccccc1F. The molecule has 0 unspecified atom stereocenters. The van der Waals surface area contributed by atoms with Gasteiger partial charge in [0.1, 0.15) is 11.6 Å². The molecule has 0 saturated carbocycles. The number of carbonyl (C=O) groups excluding carboxylic acids is 2. The van der Waals surface area contributed by atoms with Crippen molar-refractivity contribution in [3.63, 3.8) is 0 Å². The molecule has 0 saturated heterocycles. The summed E-state index contributed by atoms with van der Waals surface area (Å²) in [5.41, 5.74) is 0.915. The molecule has 8 heteroatoms. The summed E-state index contributed by atoms with van der Waals surface area (Å²) < 4.78 is 16.0. The van der Waals surface area contributed by atoms with E-state index in [0.717, 1.165) is 0 Å². The molecule has 3 aromatic rings. The Morgan fingerprint density at radius 3 is 2.50 bits per heavy atom. The summed E-state index contributed by atoms with van der Waals surface area (Å²) >= 11 is 1.20. The molecule has 2 aromatic carbocycles. The Kier molecular flexibility index (Phi) is 6.54. The van der Waals surface area contributed by atoms with Crippen LogP contribution >= 0.6 is 11.8 Å². The maximum absolute atomic E-state index is 14.4. The summed E-state index contributed by atoms with van der Waals surface area (Å²) in [5, 5.41) is 11.4. The summed E-state index contributed by atoms with van der Waals surface area (Å²) in [6.07, 6.45) is 0.383. The van der Waals surface area contributed by atoms with Crippen molar-refractivity contribution in [2.75, 3.05) is 12.3 Å². The van der Waals surface area contributed by atoms with Gasteiger partial charge in [0.2, 0.25) is 5.91 Å². The maximum atomic E-state index is 14.4. The van der Waals surface area contributed by atoms with Crippen LogP contribution in [-0.2, 0) is 11.2 Å². The standard InChI is InChI=1S/C20H19FN4O2S/c1-14(26)22-12-11-19-23-24-20(25(19)17-10-6-5-9-16(17)21)28-13-18(27)15-7-3-2-4-8-15/h2-10H,11-13H2,1H3,(H,22,26). The van der Waals surface area contributed by atoms with Gasteiger partial charge in [-0.25, -0.2) is 4.39 Å². The Hall–Kier alpha value is -3.00. The van der Waals surface area contributed by atoms with Gasteiger partial charge in [-0.3, -0.25) is 14.2 Å². The summed E-state index contributed by atoms with van der Waals surface area (Å²) in [6.45, 7) is 1.79. The summed E-state index contributed by atoms with van der Waals surface area (Å²) in [6, 6.07) is 15.3. The summed E-state index contributed by atoms with van der Waals surface area (Å²) in [5.74, 6) is 0.0452. The van der Waals surface area contributed by atoms with Crippen molar-refractivity contribution < 1.29 is 14.0 Å². The molecule has 0 aliphatic carbocycles. The molecule has 0 spiro atoms. The largest absolute Gasteiger partial charge is 0.356 e. The molecule has 0 bridgehead atoms. The molecular formula is C20H19FN4O2S. The molecule has 1 aromatic heterocycles. The zero-order valence-corrected chi connectivity index (χ0v) is 16.1. The van der Waals surface area contributed by atoms with Crippen LogP contribution in [0.4, 0.5) is 4.39 Å². The first-order chi connectivity index (χ1) is 13.6. The van der Waals surface area contributed by atoms with E-state index >= 15 is 0 Å². The number of hydrogen-bond donors (Lipinski definition) is 1. The molecule has 0 aliphatic heterocycles. The van der Waals surface area contributed by atoms with Crippen LogP contribution < -0.4 is 5.32 Å². The first kappa shape index (κ1) is 19.8. The van der Waals surface area contributed by atoms with Crippen LogP contribution in [0.5, 0.6) is 0 Å². The van der Waals surface area contributed by atoms with Crippen LogP contribution in [0.3, 0.4) is 0 Å². The van der Waals surface area contributed by atoms with Crippen LogP contribution in [0.2, 0.25) is 0 Å². The molecular weight excluding hydrogens is 379 g/mol. The van der Waals surface area contributed by atoms with E-state index in [2.05, 4.69) is 15.5 Å². The van der Waals surface area contributed by atoms with Crippen LogP contribution in [0.25, 0.3) is 5.69 Å². The molecule has 0 radical (unpaired) electrons. The monoisotopic (exact) mass is 398 g/mol. The molecule has 0 aliphatic rings. The third kappa shape index (κ3) is 4.83. The highest BCUT2D eigenvalue weighted by Crippen LogP contribution is 2.24. The third-order valence-corrected chi connectivity index (χ3v) is 4.87. The molecule has 3 rings (SSSR count). The van der Waals surface area contributed by atoms with Crippen molar-refractivity contribution in [1.82, 2.24) is 20.1 Å². The van der Waals surface area contributed by atoms with Crippen LogP contribution in [0.15, 0.2) is 59.8 Å². The van der Waals surface area contributed by atoms with E-state index in [1.165, 1.54) is 24.8 Å². The normalized spacial score (nSPS) is 10.6. The highest BCUT2D eigenvalue weighted by Gasteiger charge is 2.18. The Bertz CT molecular complexity index is 975. The van der Waals surface area contributed by atoms with Crippen LogP contribution in [0.1, 0.15) is 23.1 Å². The Labute approximate surface area is 166 Å². The number of nitrogens with zero attached hydrogens (tertiary/aromatic N) is 3. The van der Waals surface area contributed by atoms with E-state index in [4.69, 9.17) is 0 Å². The Morgan fingerprint density at radius 2 is 1.79 bits per heavy atom. The van der Waals surface area contributed by atoms with Gasteiger partial charge in [-0.05, 0) is 12.1 Å². The minimum absolute atomic E-state index is 0.0477. The number of halogens is 1. The first-order valence-electron chi connectivity index (χ1n) is 8.71. The zero-order valence-electron chi connectivity index (χ0n) is 15.3. The van der Waals surface area contributed by atoms with Crippen molar-refractivity contribution in [2.45, 2.75) is 18.5 Å². The van der Waals surface area contributed by atoms with E-state index < -0.39 is 5.82 Å². The number of benzene rings is 2. The highest BCUT2D eigenvalue weighted by molar-refractivity contribution is 7.99. The second-order valence-electron chi connectivity index (χ2n) is 6.00. The lowest BCUT2D eigenvalue weighted by molar-refractivity contribution is -0.118. The van der Waals surface area contributed by atoms with Gasteiger partial charge in [0.25, 0.3) is 0 Å². The number of rotatable bonds is 8. The smallest absolute Gasteiger partial charge is 0.216 e. The third-order valence-electron chi connectivity index (χ3n) is 3.94. The van der Waals surface area contributed by atoms with Gasteiger partial charge in [-0.1, -0.05) is 54.2 Å². The van der Waals surface area contributed by atoms with Gasteiger partial charge in [-0.15, -0.1) is 10.2 Å². The second-order valence-corrected chi connectivity index (χ2v) is 6.94. The van der Waals surface area contributed by atoms with Crippen LogP contribution in [0, 0.1) is 5.82 Å². The fraction of sp³-hybridized carbons (Fsp3) is 0.200. The zero-order chi connectivity index (χ0) is 19.9. The predicted octanol–water partition coefficient (Wildman–Crippen LogP) is 3.06. The quantitative estimate of drug-likeness (QED) is 0.466. The van der Waals surface area contributed by atoms with Crippen molar-refractivity contribution >= 4 is 23.5 Å². The number of para-hydroxylation sites is 1. The number of carbonyl (C=O) groups is 2. The van der Waals surface area contributed by atoms with Gasteiger partial charge < -0.3 is 5.32 Å². The fourth-order valence-corrected chi connectivity index (χ4v) is 3.48. The van der Waals surface area contributed by atoms with Gasteiger partial charge >= 0.3 is 0 Å². The number of ketones is 1. The summed E-state index contributed by atoms with van der Waals surface area (Å²) in [7, 11) is 0. The average molecular weight is 398 g/mol. The summed E-state index contributed by atoms with van der Waals surface area (Å²) in [4.78, 5) is 23.5. The van der Waals surface area contributed by atoms with E-state index in [1.807, 2.05) is 6.07 Å². The molecule has 0 fully saturated rings. The van der Waals surface area contributed by atoms with E-state index in [0.29, 0.717) is 35.2 Å². The second kappa shape index (κ2) is 9.27.